The minimum absolute atomic E-state index is 0.0182. The minimum atomic E-state index is -4.17. The van der Waals surface area contributed by atoms with Crippen LogP contribution >= 0.6 is 0 Å². The summed E-state index contributed by atoms with van der Waals surface area (Å²) in [5.74, 6) is 0. The van der Waals surface area contributed by atoms with Crippen LogP contribution in [0.5, 0.6) is 0 Å². The SMILES string of the molecule is CCN(Cc1ccc(CNC(C)(C)C)cn1)CC(F)(F)F. The molecule has 1 N–H and O–H groups in total. The number of nitrogens with one attached hydrogen (secondary N) is 1. The van der Waals surface area contributed by atoms with Crippen LogP contribution in [0.2, 0.25) is 0 Å². The Labute approximate surface area is 124 Å². The van der Waals surface area contributed by atoms with Crippen molar-refractivity contribution in [2.75, 3.05) is 13.1 Å². The summed E-state index contributed by atoms with van der Waals surface area (Å²) in [6, 6.07) is 3.70. The molecule has 0 aromatic carbocycles. The topological polar surface area (TPSA) is 28.2 Å². The maximum Gasteiger partial charge on any atom is 0.401 e. The van der Waals surface area contributed by atoms with Crippen LogP contribution < -0.4 is 5.32 Å². The van der Waals surface area contributed by atoms with Gasteiger partial charge < -0.3 is 5.32 Å². The lowest BCUT2D eigenvalue weighted by Gasteiger charge is -2.22. The monoisotopic (exact) mass is 303 g/mol. The van der Waals surface area contributed by atoms with E-state index in [1.165, 1.54) is 4.90 Å². The van der Waals surface area contributed by atoms with E-state index in [2.05, 4.69) is 31.1 Å². The zero-order valence-electron chi connectivity index (χ0n) is 13.1. The molecule has 0 aliphatic carbocycles. The van der Waals surface area contributed by atoms with Crippen LogP contribution in [0.1, 0.15) is 39.0 Å². The van der Waals surface area contributed by atoms with Gasteiger partial charge in [-0.25, -0.2) is 0 Å². The number of pyridine rings is 1. The van der Waals surface area contributed by atoms with Crippen molar-refractivity contribution in [3.05, 3.63) is 29.6 Å². The summed E-state index contributed by atoms with van der Waals surface area (Å²) in [4.78, 5) is 5.58. The van der Waals surface area contributed by atoms with Crippen LogP contribution in [0.25, 0.3) is 0 Å². The van der Waals surface area contributed by atoms with Crippen LogP contribution in [0, 0.1) is 0 Å². The van der Waals surface area contributed by atoms with E-state index in [9.17, 15) is 13.2 Å². The Morgan fingerprint density at radius 1 is 1.19 bits per heavy atom. The van der Waals surface area contributed by atoms with E-state index < -0.39 is 12.7 Å². The van der Waals surface area contributed by atoms with Gasteiger partial charge in [-0.05, 0) is 38.9 Å². The van der Waals surface area contributed by atoms with Gasteiger partial charge in [0.1, 0.15) is 0 Å². The lowest BCUT2D eigenvalue weighted by atomic mass is 10.1. The molecule has 1 aromatic rings. The fourth-order valence-electron chi connectivity index (χ4n) is 1.78. The molecule has 0 fully saturated rings. The number of halogens is 3. The molecule has 0 aliphatic rings. The number of hydrogen-bond donors (Lipinski definition) is 1. The van der Waals surface area contributed by atoms with Crippen molar-refractivity contribution in [1.29, 1.82) is 0 Å². The van der Waals surface area contributed by atoms with Gasteiger partial charge in [-0.15, -0.1) is 0 Å². The third kappa shape index (κ3) is 8.02. The fourth-order valence-corrected chi connectivity index (χ4v) is 1.78. The maximum absolute atomic E-state index is 12.4. The van der Waals surface area contributed by atoms with E-state index in [0.29, 0.717) is 18.8 Å². The average molecular weight is 303 g/mol. The molecule has 1 aromatic heterocycles. The zero-order chi connectivity index (χ0) is 16.1. The van der Waals surface area contributed by atoms with E-state index >= 15 is 0 Å². The first kappa shape index (κ1) is 17.9. The summed E-state index contributed by atoms with van der Waals surface area (Å²) < 4.78 is 37.2. The van der Waals surface area contributed by atoms with E-state index in [1.54, 1.807) is 19.2 Å². The first-order chi connectivity index (χ1) is 9.59. The van der Waals surface area contributed by atoms with Gasteiger partial charge in [0.15, 0.2) is 0 Å². The predicted molar refractivity (Wildman–Crippen MR) is 77.8 cm³/mol. The lowest BCUT2D eigenvalue weighted by molar-refractivity contribution is -0.146. The third-order valence-corrected chi connectivity index (χ3v) is 2.94. The standard InChI is InChI=1S/C15H24F3N3/c1-5-21(11-15(16,17)18)10-13-7-6-12(8-19-13)9-20-14(2,3)4/h6-8,20H,5,9-11H2,1-4H3. The van der Waals surface area contributed by atoms with Crippen LogP contribution in [0.15, 0.2) is 18.3 Å². The molecule has 1 heterocycles. The molecular formula is C15H24F3N3. The average Bonchev–Trinajstić information content (AvgIpc) is 2.34. The summed E-state index contributed by atoms with van der Waals surface area (Å²) in [6.07, 6.45) is -2.46. The molecule has 0 bridgehead atoms. The predicted octanol–water partition coefficient (Wildman–Crippen LogP) is 3.35. The normalized spacial score (nSPS) is 13.0. The summed E-state index contributed by atoms with van der Waals surface area (Å²) >= 11 is 0. The quantitative estimate of drug-likeness (QED) is 0.873. The second-order valence-corrected chi connectivity index (χ2v) is 6.18. The second kappa shape index (κ2) is 7.22. The van der Waals surface area contributed by atoms with Crippen molar-refractivity contribution in [3.8, 4) is 0 Å². The zero-order valence-corrected chi connectivity index (χ0v) is 13.1. The van der Waals surface area contributed by atoms with Crippen LogP contribution in [-0.2, 0) is 13.1 Å². The van der Waals surface area contributed by atoms with Crippen molar-refractivity contribution in [2.45, 2.75) is 52.5 Å². The first-order valence-electron chi connectivity index (χ1n) is 7.07. The molecule has 1 rings (SSSR count). The number of alkyl halides is 3. The Kier molecular flexibility index (Phi) is 6.16. The highest BCUT2D eigenvalue weighted by Gasteiger charge is 2.30. The summed E-state index contributed by atoms with van der Waals surface area (Å²) in [5.41, 5.74) is 1.69. The van der Waals surface area contributed by atoms with Gasteiger partial charge in [0, 0.05) is 24.8 Å². The van der Waals surface area contributed by atoms with E-state index in [4.69, 9.17) is 0 Å². The van der Waals surface area contributed by atoms with E-state index in [0.717, 1.165) is 5.56 Å². The Bertz CT molecular complexity index is 421. The van der Waals surface area contributed by atoms with Crippen molar-refractivity contribution in [3.63, 3.8) is 0 Å². The summed E-state index contributed by atoms with van der Waals surface area (Å²) in [7, 11) is 0. The molecule has 0 radical (unpaired) electrons. The molecule has 3 nitrogen and oxygen atoms in total. The van der Waals surface area contributed by atoms with Crippen LogP contribution in [0.3, 0.4) is 0 Å². The Morgan fingerprint density at radius 2 is 1.86 bits per heavy atom. The van der Waals surface area contributed by atoms with Crippen molar-refractivity contribution in [2.24, 2.45) is 0 Å². The van der Waals surface area contributed by atoms with E-state index in [1.807, 2.05) is 6.07 Å². The van der Waals surface area contributed by atoms with Gasteiger partial charge in [-0.3, -0.25) is 9.88 Å². The van der Waals surface area contributed by atoms with Gasteiger partial charge >= 0.3 is 6.18 Å². The minimum Gasteiger partial charge on any atom is -0.308 e. The highest BCUT2D eigenvalue weighted by Crippen LogP contribution is 2.17. The van der Waals surface area contributed by atoms with Crippen molar-refractivity contribution >= 4 is 0 Å². The van der Waals surface area contributed by atoms with Gasteiger partial charge in [-0.1, -0.05) is 13.0 Å². The molecule has 120 valence electrons. The van der Waals surface area contributed by atoms with Crippen LogP contribution in [0.4, 0.5) is 13.2 Å². The lowest BCUT2D eigenvalue weighted by Crippen LogP contribution is -2.35. The largest absolute Gasteiger partial charge is 0.401 e. The maximum atomic E-state index is 12.4. The van der Waals surface area contributed by atoms with E-state index in [-0.39, 0.29) is 12.1 Å². The molecule has 0 aliphatic heterocycles. The molecule has 0 unspecified atom stereocenters. The molecule has 0 saturated carbocycles. The molecule has 0 atom stereocenters. The Hall–Kier alpha value is -1.14. The summed E-state index contributed by atoms with van der Waals surface area (Å²) in [5, 5.41) is 3.34. The highest BCUT2D eigenvalue weighted by molar-refractivity contribution is 5.14. The van der Waals surface area contributed by atoms with Gasteiger partial charge in [-0.2, -0.15) is 13.2 Å². The number of aromatic nitrogens is 1. The second-order valence-electron chi connectivity index (χ2n) is 6.18. The Balaban J connectivity index is 2.57. The molecule has 6 heteroatoms. The van der Waals surface area contributed by atoms with Crippen LogP contribution in [-0.4, -0.2) is 34.7 Å². The first-order valence-corrected chi connectivity index (χ1v) is 7.07. The molecule has 21 heavy (non-hydrogen) atoms. The third-order valence-electron chi connectivity index (χ3n) is 2.94. The molecular weight excluding hydrogens is 279 g/mol. The van der Waals surface area contributed by atoms with Gasteiger partial charge in [0.05, 0.1) is 12.2 Å². The van der Waals surface area contributed by atoms with Crippen molar-refractivity contribution in [1.82, 2.24) is 15.2 Å². The molecule has 0 amide bonds. The Morgan fingerprint density at radius 3 is 2.29 bits per heavy atom. The fraction of sp³-hybridized carbons (Fsp3) is 0.667. The van der Waals surface area contributed by atoms with Gasteiger partial charge in [0.2, 0.25) is 0 Å². The number of nitrogens with zero attached hydrogens (tertiary/aromatic N) is 2. The summed E-state index contributed by atoms with van der Waals surface area (Å²) in [6.45, 7) is 8.28. The number of hydrogen-bond acceptors (Lipinski definition) is 3. The molecule has 0 saturated heterocycles. The number of rotatable bonds is 6. The molecule has 0 spiro atoms. The van der Waals surface area contributed by atoms with Crippen molar-refractivity contribution < 1.29 is 13.2 Å². The van der Waals surface area contributed by atoms with Gasteiger partial charge in [0.25, 0.3) is 0 Å². The smallest absolute Gasteiger partial charge is 0.308 e. The highest BCUT2D eigenvalue weighted by atomic mass is 19.4.